The summed E-state index contributed by atoms with van der Waals surface area (Å²) in [5.74, 6) is 0. The summed E-state index contributed by atoms with van der Waals surface area (Å²) in [5.41, 5.74) is 0. The predicted molar refractivity (Wildman–Crippen MR) is 33.4 cm³/mol. The van der Waals surface area contributed by atoms with Crippen molar-refractivity contribution in [1.82, 2.24) is 0 Å². The van der Waals surface area contributed by atoms with Crippen molar-refractivity contribution in [3.05, 3.63) is 0 Å². The fourth-order valence-corrected chi connectivity index (χ4v) is 1.06. The van der Waals surface area contributed by atoms with E-state index in [1.54, 1.807) is 0 Å². The molecule has 1 unspecified atom stereocenters. The molecule has 2 nitrogen and oxygen atoms in total. The minimum atomic E-state index is -2.41. The number of unbranched alkanes of at least 4 members (excludes halogenated alkanes) is 2. The molecule has 0 aromatic heterocycles. The molecule has 0 bridgehead atoms. The summed E-state index contributed by atoms with van der Waals surface area (Å²) in [6.07, 6.45) is 3.38. The van der Waals surface area contributed by atoms with E-state index in [2.05, 4.69) is 6.92 Å². The summed E-state index contributed by atoms with van der Waals surface area (Å²) in [4.78, 5) is 9.95. The zero-order valence-corrected chi connectivity index (χ0v) is 9.14. The average Bonchev–Trinajstić information content (AvgIpc) is 1.66. The van der Waals surface area contributed by atoms with E-state index in [-0.39, 0.29) is 29.6 Å². The molecule has 0 spiro atoms. The second kappa shape index (κ2) is 9.19. The maximum Gasteiger partial charge on any atom is 1.00 e. The molecule has 0 aromatic rings. The van der Waals surface area contributed by atoms with Gasteiger partial charge in [0.25, 0.3) is 0 Å². The van der Waals surface area contributed by atoms with Gasteiger partial charge in [-0.15, -0.1) is 0 Å². The zero-order chi connectivity index (χ0) is 6.41. The molecule has 0 aromatic carbocycles. The Balaban J connectivity index is 0. The van der Waals surface area contributed by atoms with Gasteiger partial charge in [-0.1, -0.05) is 19.8 Å². The Morgan fingerprint density at radius 3 is 2.33 bits per heavy atom. The van der Waals surface area contributed by atoms with Crippen LogP contribution in [0.2, 0.25) is 0 Å². The molecule has 0 aliphatic carbocycles. The van der Waals surface area contributed by atoms with E-state index < -0.39 is 8.03 Å². The van der Waals surface area contributed by atoms with Crippen molar-refractivity contribution < 1.29 is 39.0 Å². The molecule has 4 heteroatoms. The maximum absolute atomic E-state index is 9.95. The predicted octanol–water partition coefficient (Wildman–Crippen LogP) is -1.98. The largest absolute Gasteiger partial charge is 1.00 e. The van der Waals surface area contributed by atoms with Crippen LogP contribution in [0.25, 0.3) is 0 Å². The van der Waals surface area contributed by atoms with Crippen molar-refractivity contribution in [3.63, 3.8) is 0 Å². The number of hydrogen-bond donors (Lipinski definition) is 0. The molecule has 0 aliphatic rings. The van der Waals surface area contributed by atoms with Crippen molar-refractivity contribution in [3.8, 4) is 0 Å². The van der Waals surface area contributed by atoms with Gasteiger partial charge < -0.3 is 9.46 Å². The Labute approximate surface area is 79.2 Å². The molecule has 1 atom stereocenters. The monoisotopic (exact) mass is 158 g/mol. The van der Waals surface area contributed by atoms with Crippen LogP contribution >= 0.6 is 8.03 Å². The van der Waals surface area contributed by atoms with Crippen molar-refractivity contribution in [2.75, 3.05) is 6.16 Å². The number of hydrogen-bond acceptors (Lipinski definition) is 2. The summed E-state index contributed by atoms with van der Waals surface area (Å²) >= 11 is 0. The first-order valence-electron chi connectivity index (χ1n) is 2.97. The Morgan fingerprint density at radius 1 is 1.44 bits per heavy atom. The Hall–Kier alpha value is 1.19. The van der Waals surface area contributed by atoms with Gasteiger partial charge in [0.1, 0.15) is 0 Å². The van der Waals surface area contributed by atoms with Gasteiger partial charge in [-0.3, -0.25) is 0 Å². The third-order valence-corrected chi connectivity index (χ3v) is 1.75. The SMILES string of the molecule is CCCCC[PH](=O)[O-].[Na+]. The molecule has 0 saturated carbocycles. The molecular formula is C5H12NaO2P. The van der Waals surface area contributed by atoms with Crippen LogP contribution in [0.3, 0.4) is 0 Å². The summed E-state index contributed by atoms with van der Waals surface area (Å²) in [6, 6.07) is 0. The van der Waals surface area contributed by atoms with E-state index in [1.165, 1.54) is 0 Å². The van der Waals surface area contributed by atoms with Gasteiger partial charge in [-0.2, -0.15) is 0 Å². The van der Waals surface area contributed by atoms with Crippen molar-refractivity contribution >= 4 is 8.03 Å². The van der Waals surface area contributed by atoms with Crippen LogP contribution in [0.4, 0.5) is 0 Å². The van der Waals surface area contributed by atoms with Crippen LogP contribution in [0.1, 0.15) is 26.2 Å². The molecule has 0 fully saturated rings. The normalized spacial score (nSPS) is 12.2. The second-order valence-corrected chi connectivity index (χ2v) is 3.07. The first-order valence-corrected chi connectivity index (χ1v) is 4.49. The molecule has 0 heterocycles. The molecule has 0 N–H and O–H groups in total. The van der Waals surface area contributed by atoms with Gasteiger partial charge in [-0.25, -0.2) is 0 Å². The van der Waals surface area contributed by atoms with Crippen molar-refractivity contribution in [2.45, 2.75) is 26.2 Å². The van der Waals surface area contributed by atoms with Gasteiger partial charge in [0.05, 0.1) is 0 Å². The topological polar surface area (TPSA) is 40.1 Å². The summed E-state index contributed by atoms with van der Waals surface area (Å²) in [7, 11) is -2.41. The van der Waals surface area contributed by atoms with Crippen LogP contribution in [0.5, 0.6) is 0 Å². The quantitative estimate of drug-likeness (QED) is 0.270. The minimum absolute atomic E-state index is 0. The van der Waals surface area contributed by atoms with Gasteiger partial charge in [0, 0.05) is 8.03 Å². The minimum Gasteiger partial charge on any atom is -0.802 e. The molecule has 0 aliphatic heterocycles. The molecule has 50 valence electrons. The third-order valence-electron chi connectivity index (χ3n) is 0.984. The summed E-state index contributed by atoms with van der Waals surface area (Å²) in [6.45, 7) is 2.06. The molecule has 0 amide bonds. The van der Waals surface area contributed by atoms with Gasteiger partial charge >= 0.3 is 29.6 Å². The second-order valence-electron chi connectivity index (χ2n) is 1.83. The van der Waals surface area contributed by atoms with Gasteiger partial charge in [-0.05, 0) is 12.6 Å². The molecule has 9 heavy (non-hydrogen) atoms. The van der Waals surface area contributed by atoms with E-state index in [1.807, 2.05) is 0 Å². The fraction of sp³-hybridized carbons (Fsp3) is 1.00. The molecule has 0 saturated heterocycles. The van der Waals surface area contributed by atoms with Crippen LogP contribution in [-0.2, 0) is 4.57 Å². The van der Waals surface area contributed by atoms with E-state index in [4.69, 9.17) is 0 Å². The molecule has 0 radical (unpaired) electrons. The van der Waals surface area contributed by atoms with Crippen LogP contribution in [0.15, 0.2) is 0 Å². The number of rotatable bonds is 4. The van der Waals surface area contributed by atoms with Gasteiger partial charge in [0.15, 0.2) is 0 Å². The smallest absolute Gasteiger partial charge is 0.802 e. The van der Waals surface area contributed by atoms with Gasteiger partial charge in [0.2, 0.25) is 0 Å². The standard InChI is InChI=1S/C5H13O2P.Na/c1-2-3-4-5-8(6)7;/h8H,2-5H2,1H3,(H,6,7);/q;+1/p-1. The third kappa shape index (κ3) is 12.4. The first kappa shape index (κ1) is 12.8. The molecule has 0 rings (SSSR count). The first-order chi connectivity index (χ1) is 3.77. The fourth-order valence-electron chi connectivity index (χ4n) is 0.519. The molecular weight excluding hydrogens is 146 g/mol. The van der Waals surface area contributed by atoms with E-state index in [0.29, 0.717) is 6.16 Å². The zero-order valence-electron chi connectivity index (χ0n) is 6.14. The van der Waals surface area contributed by atoms with E-state index in [0.717, 1.165) is 19.3 Å². The Bertz CT molecular complexity index is 77.4. The van der Waals surface area contributed by atoms with Crippen LogP contribution in [0, 0.1) is 0 Å². The Morgan fingerprint density at radius 2 is 2.00 bits per heavy atom. The van der Waals surface area contributed by atoms with Crippen LogP contribution < -0.4 is 34.5 Å². The van der Waals surface area contributed by atoms with E-state index >= 15 is 0 Å². The van der Waals surface area contributed by atoms with Crippen molar-refractivity contribution in [2.24, 2.45) is 0 Å². The summed E-state index contributed by atoms with van der Waals surface area (Å²) < 4.78 is 9.95. The van der Waals surface area contributed by atoms with Crippen molar-refractivity contribution in [1.29, 1.82) is 0 Å². The Kier molecular flexibility index (Phi) is 13.1. The summed E-state index contributed by atoms with van der Waals surface area (Å²) in [5, 5.41) is 0. The van der Waals surface area contributed by atoms with E-state index in [9.17, 15) is 9.46 Å². The maximum atomic E-state index is 9.95. The van der Waals surface area contributed by atoms with Crippen LogP contribution in [-0.4, -0.2) is 6.16 Å². The average molecular weight is 158 g/mol.